The fourth-order valence-corrected chi connectivity index (χ4v) is 4.15. The quantitative estimate of drug-likeness (QED) is 0.337. The SMILES string of the molecule is CCCN(C(=O)c1ccc(F)cc1)C(C)c1nc2ccccc2c(=O)n1-c1ccc(OCC)cc1. The molecule has 1 amide bonds. The molecule has 0 N–H and O–H groups in total. The highest BCUT2D eigenvalue weighted by molar-refractivity contribution is 5.94. The first-order chi connectivity index (χ1) is 16.9. The maximum atomic E-state index is 13.7. The Hall–Kier alpha value is -4.00. The first kappa shape index (κ1) is 24.1. The molecule has 1 aromatic heterocycles. The number of amides is 1. The fraction of sp³-hybridized carbons (Fsp3) is 0.250. The van der Waals surface area contributed by atoms with Crippen LogP contribution in [-0.4, -0.2) is 33.5 Å². The van der Waals surface area contributed by atoms with Gasteiger partial charge in [-0.2, -0.15) is 0 Å². The van der Waals surface area contributed by atoms with Crippen LogP contribution in [0.15, 0.2) is 77.6 Å². The molecule has 1 atom stereocenters. The van der Waals surface area contributed by atoms with Gasteiger partial charge in [0, 0.05) is 12.1 Å². The summed E-state index contributed by atoms with van der Waals surface area (Å²) < 4.78 is 20.6. The molecular weight excluding hydrogens is 445 g/mol. The molecule has 1 unspecified atom stereocenters. The first-order valence-corrected chi connectivity index (χ1v) is 11.8. The number of para-hydroxylation sites is 1. The van der Waals surface area contributed by atoms with Gasteiger partial charge in [0.1, 0.15) is 17.4 Å². The lowest BCUT2D eigenvalue weighted by atomic mass is 10.1. The Labute approximate surface area is 203 Å². The molecule has 0 fully saturated rings. The number of ether oxygens (including phenoxy) is 1. The van der Waals surface area contributed by atoms with Crippen LogP contribution >= 0.6 is 0 Å². The molecule has 6 nitrogen and oxygen atoms in total. The van der Waals surface area contributed by atoms with Crippen LogP contribution in [0.1, 0.15) is 49.4 Å². The average Bonchev–Trinajstić information content (AvgIpc) is 2.88. The number of rotatable bonds is 8. The van der Waals surface area contributed by atoms with Gasteiger partial charge in [0.05, 0.1) is 29.2 Å². The van der Waals surface area contributed by atoms with Crippen LogP contribution in [0.3, 0.4) is 0 Å². The van der Waals surface area contributed by atoms with Crippen molar-refractivity contribution in [3.8, 4) is 11.4 Å². The lowest BCUT2D eigenvalue weighted by molar-refractivity contribution is 0.0681. The molecule has 0 aliphatic carbocycles. The molecule has 4 aromatic rings. The van der Waals surface area contributed by atoms with Crippen molar-refractivity contribution in [3.05, 3.63) is 100 Å². The Bertz CT molecular complexity index is 1380. The van der Waals surface area contributed by atoms with Gasteiger partial charge in [-0.1, -0.05) is 19.1 Å². The minimum atomic E-state index is -0.531. The van der Waals surface area contributed by atoms with Crippen molar-refractivity contribution >= 4 is 16.8 Å². The molecule has 0 radical (unpaired) electrons. The summed E-state index contributed by atoms with van der Waals surface area (Å²) in [5.41, 5.74) is 1.35. The van der Waals surface area contributed by atoms with Gasteiger partial charge in [-0.15, -0.1) is 0 Å². The Balaban J connectivity index is 1.86. The summed E-state index contributed by atoms with van der Waals surface area (Å²) in [7, 11) is 0. The first-order valence-electron chi connectivity index (χ1n) is 11.8. The van der Waals surface area contributed by atoms with Crippen molar-refractivity contribution in [3.63, 3.8) is 0 Å². The number of carbonyl (C=O) groups excluding carboxylic acids is 1. The standard InChI is InChI=1S/C28H28FN3O3/c1-4-18-31(27(33)20-10-12-21(29)13-11-20)19(3)26-30-25-9-7-6-8-24(25)28(34)32(26)22-14-16-23(17-15-22)35-5-2/h6-17,19H,4-5,18H2,1-3H3. The van der Waals surface area contributed by atoms with Crippen molar-refractivity contribution in [2.24, 2.45) is 0 Å². The van der Waals surface area contributed by atoms with Crippen LogP contribution in [0.5, 0.6) is 5.75 Å². The van der Waals surface area contributed by atoms with Crippen LogP contribution in [0.2, 0.25) is 0 Å². The van der Waals surface area contributed by atoms with Crippen molar-refractivity contribution in [2.45, 2.75) is 33.2 Å². The minimum absolute atomic E-state index is 0.215. The molecular formula is C28H28FN3O3. The maximum absolute atomic E-state index is 13.7. The Morgan fingerprint density at radius 2 is 1.71 bits per heavy atom. The summed E-state index contributed by atoms with van der Waals surface area (Å²) in [6.45, 7) is 6.73. The zero-order chi connectivity index (χ0) is 24.9. The highest BCUT2D eigenvalue weighted by Gasteiger charge is 2.27. The van der Waals surface area contributed by atoms with E-state index in [0.29, 0.717) is 53.3 Å². The third-order valence-corrected chi connectivity index (χ3v) is 5.87. The van der Waals surface area contributed by atoms with Crippen molar-refractivity contribution in [1.29, 1.82) is 0 Å². The summed E-state index contributed by atoms with van der Waals surface area (Å²) in [5.74, 6) is 0.491. The maximum Gasteiger partial charge on any atom is 0.266 e. The number of halogens is 1. The van der Waals surface area contributed by atoms with E-state index in [1.165, 1.54) is 24.3 Å². The van der Waals surface area contributed by atoms with Gasteiger partial charge in [0.25, 0.3) is 11.5 Å². The molecule has 0 aliphatic heterocycles. The van der Waals surface area contributed by atoms with Crippen LogP contribution in [0.25, 0.3) is 16.6 Å². The summed E-state index contributed by atoms with van der Waals surface area (Å²) in [6.07, 6.45) is 0.706. The van der Waals surface area contributed by atoms with Gasteiger partial charge >= 0.3 is 0 Å². The second-order valence-electron chi connectivity index (χ2n) is 8.24. The fourth-order valence-electron chi connectivity index (χ4n) is 4.15. The van der Waals surface area contributed by atoms with E-state index in [9.17, 15) is 14.0 Å². The molecule has 0 bridgehead atoms. The normalized spacial score (nSPS) is 11.9. The predicted octanol–water partition coefficient (Wildman–Crippen LogP) is 5.54. The molecule has 180 valence electrons. The van der Waals surface area contributed by atoms with E-state index < -0.39 is 11.9 Å². The van der Waals surface area contributed by atoms with Crippen LogP contribution in [0.4, 0.5) is 4.39 Å². The van der Waals surface area contributed by atoms with Gasteiger partial charge in [0.15, 0.2) is 0 Å². The molecule has 0 saturated heterocycles. The Morgan fingerprint density at radius 1 is 1.03 bits per heavy atom. The Morgan fingerprint density at radius 3 is 2.37 bits per heavy atom. The van der Waals surface area contributed by atoms with E-state index in [4.69, 9.17) is 9.72 Å². The molecule has 7 heteroatoms. The predicted molar refractivity (Wildman–Crippen MR) is 135 cm³/mol. The molecule has 1 heterocycles. The van der Waals surface area contributed by atoms with E-state index in [0.717, 1.165) is 0 Å². The number of aromatic nitrogens is 2. The van der Waals surface area contributed by atoms with Crippen LogP contribution in [-0.2, 0) is 0 Å². The number of carbonyl (C=O) groups is 1. The Kier molecular flexibility index (Phi) is 7.25. The molecule has 35 heavy (non-hydrogen) atoms. The topological polar surface area (TPSA) is 64.4 Å². The molecule has 3 aromatic carbocycles. The van der Waals surface area contributed by atoms with E-state index in [2.05, 4.69) is 0 Å². The molecule has 4 rings (SSSR count). The van der Waals surface area contributed by atoms with Gasteiger partial charge in [-0.05, 0) is 80.9 Å². The highest BCUT2D eigenvalue weighted by Crippen LogP contribution is 2.25. The summed E-state index contributed by atoms with van der Waals surface area (Å²) in [6, 6.07) is 19.4. The van der Waals surface area contributed by atoms with E-state index in [-0.39, 0.29) is 11.5 Å². The monoisotopic (exact) mass is 473 g/mol. The smallest absolute Gasteiger partial charge is 0.266 e. The summed E-state index contributed by atoms with van der Waals surface area (Å²) in [4.78, 5) is 33.6. The van der Waals surface area contributed by atoms with Crippen molar-refractivity contribution in [1.82, 2.24) is 14.5 Å². The summed E-state index contributed by atoms with van der Waals surface area (Å²) >= 11 is 0. The highest BCUT2D eigenvalue weighted by atomic mass is 19.1. The second-order valence-corrected chi connectivity index (χ2v) is 8.24. The van der Waals surface area contributed by atoms with Crippen LogP contribution in [0, 0.1) is 5.82 Å². The lowest BCUT2D eigenvalue weighted by Gasteiger charge is -2.30. The third-order valence-electron chi connectivity index (χ3n) is 5.87. The lowest BCUT2D eigenvalue weighted by Crippen LogP contribution is -2.38. The molecule has 0 aliphatic rings. The van der Waals surface area contributed by atoms with Gasteiger partial charge in [0.2, 0.25) is 0 Å². The minimum Gasteiger partial charge on any atom is -0.494 e. The largest absolute Gasteiger partial charge is 0.494 e. The van der Waals surface area contributed by atoms with E-state index in [1.54, 1.807) is 27.7 Å². The second kappa shape index (κ2) is 10.5. The molecule has 0 saturated carbocycles. The van der Waals surface area contributed by atoms with Crippen LogP contribution < -0.4 is 10.3 Å². The van der Waals surface area contributed by atoms with Crippen molar-refractivity contribution in [2.75, 3.05) is 13.2 Å². The zero-order valence-corrected chi connectivity index (χ0v) is 20.1. The van der Waals surface area contributed by atoms with Gasteiger partial charge in [-0.25, -0.2) is 9.37 Å². The molecule has 0 spiro atoms. The average molecular weight is 474 g/mol. The van der Waals surface area contributed by atoms with E-state index in [1.807, 2.05) is 51.1 Å². The zero-order valence-electron chi connectivity index (χ0n) is 20.1. The third kappa shape index (κ3) is 4.94. The number of hydrogen-bond donors (Lipinski definition) is 0. The number of hydrogen-bond acceptors (Lipinski definition) is 4. The van der Waals surface area contributed by atoms with Gasteiger partial charge < -0.3 is 9.64 Å². The van der Waals surface area contributed by atoms with E-state index >= 15 is 0 Å². The number of fused-ring (bicyclic) bond motifs is 1. The van der Waals surface area contributed by atoms with Crippen molar-refractivity contribution < 1.29 is 13.9 Å². The number of nitrogens with zero attached hydrogens (tertiary/aromatic N) is 3. The van der Waals surface area contributed by atoms with Gasteiger partial charge in [-0.3, -0.25) is 14.2 Å². The number of benzene rings is 3. The summed E-state index contributed by atoms with van der Waals surface area (Å²) in [5, 5.41) is 0.490.